The third-order valence-electron chi connectivity index (χ3n) is 4.47. The van der Waals surface area contributed by atoms with Crippen LogP contribution >= 0.6 is 0 Å². The molecule has 0 aliphatic carbocycles. The van der Waals surface area contributed by atoms with E-state index in [0.717, 1.165) is 19.5 Å². The van der Waals surface area contributed by atoms with E-state index in [9.17, 15) is 4.79 Å². The average molecular weight is 288 g/mol. The number of rotatable bonds is 4. The molecule has 3 nitrogen and oxygen atoms in total. The highest BCUT2D eigenvalue weighted by molar-refractivity contribution is 5.78. The van der Waals surface area contributed by atoms with Crippen LogP contribution in [-0.4, -0.2) is 29.9 Å². The van der Waals surface area contributed by atoms with Crippen LogP contribution in [0.15, 0.2) is 30.3 Å². The van der Waals surface area contributed by atoms with Crippen molar-refractivity contribution in [2.24, 2.45) is 11.8 Å². The maximum Gasteiger partial charge on any atom is 0.225 e. The van der Waals surface area contributed by atoms with Crippen LogP contribution in [0.5, 0.6) is 0 Å². The number of benzene rings is 1. The number of piperidine rings is 1. The molecule has 116 valence electrons. The minimum Gasteiger partial charge on any atom is -0.342 e. The fraction of sp³-hybridized carbons (Fsp3) is 0.611. The quantitative estimate of drug-likeness (QED) is 0.922. The molecule has 21 heavy (non-hydrogen) atoms. The van der Waals surface area contributed by atoms with Gasteiger partial charge in [0.25, 0.3) is 0 Å². The Bertz CT molecular complexity index is 458. The summed E-state index contributed by atoms with van der Waals surface area (Å²) >= 11 is 0. The van der Waals surface area contributed by atoms with E-state index in [4.69, 9.17) is 0 Å². The van der Waals surface area contributed by atoms with Gasteiger partial charge in [0.15, 0.2) is 0 Å². The van der Waals surface area contributed by atoms with E-state index in [2.05, 4.69) is 49.5 Å². The third kappa shape index (κ3) is 4.07. The van der Waals surface area contributed by atoms with Gasteiger partial charge < -0.3 is 10.2 Å². The summed E-state index contributed by atoms with van der Waals surface area (Å²) in [4.78, 5) is 14.1. The lowest BCUT2D eigenvalue weighted by molar-refractivity contribution is -0.136. The van der Waals surface area contributed by atoms with Crippen LogP contribution in [0.2, 0.25) is 0 Å². The molecule has 0 aromatic heterocycles. The lowest BCUT2D eigenvalue weighted by Crippen LogP contribution is -2.51. The summed E-state index contributed by atoms with van der Waals surface area (Å²) in [6, 6.07) is 11.4. The van der Waals surface area contributed by atoms with Gasteiger partial charge in [-0.1, -0.05) is 51.1 Å². The van der Waals surface area contributed by atoms with Gasteiger partial charge in [-0.15, -0.1) is 0 Å². The van der Waals surface area contributed by atoms with Crippen molar-refractivity contribution in [2.75, 3.05) is 13.1 Å². The Balaban J connectivity index is 1.91. The molecule has 3 atom stereocenters. The van der Waals surface area contributed by atoms with E-state index in [1.54, 1.807) is 0 Å². The highest BCUT2D eigenvalue weighted by atomic mass is 16.2. The molecular weight excluding hydrogens is 260 g/mol. The Morgan fingerprint density at radius 1 is 1.24 bits per heavy atom. The van der Waals surface area contributed by atoms with Crippen LogP contribution in [0.3, 0.4) is 0 Å². The largest absolute Gasteiger partial charge is 0.342 e. The van der Waals surface area contributed by atoms with Gasteiger partial charge in [-0.05, 0) is 24.8 Å². The van der Waals surface area contributed by atoms with Crippen LogP contribution in [0.1, 0.15) is 45.7 Å². The normalized spacial score (nSPS) is 24.1. The first-order chi connectivity index (χ1) is 9.99. The lowest BCUT2D eigenvalue weighted by Gasteiger charge is -2.39. The van der Waals surface area contributed by atoms with Gasteiger partial charge in [0.05, 0.1) is 0 Å². The summed E-state index contributed by atoms with van der Waals surface area (Å²) in [6.45, 7) is 10.2. The van der Waals surface area contributed by atoms with Crippen molar-refractivity contribution in [3.63, 3.8) is 0 Å². The molecule has 0 radical (unpaired) electrons. The molecule has 1 aromatic carbocycles. The standard InChI is InChI=1S/C18H28N2O/c1-13(2)18(21)20-11-10-17(14(3)12-20)19-15(4)16-8-6-5-7-9-16/h5-9,13-15,17,19H,10-12H2,1-4H3/t14-,15+,17+/m1/s1. The van der Waals surface area contributed by atoms with Crippen molar-refractivity contribution in [1.82, 2.24) is 10.2 Å². The SMILES string of the molecule is CC(C)C(=O)N1CC[C@H](N[C@@H](C)c2ccccc2)[C@H](C)C1. The number of nitrogens with zero attached hydrogens (tertiary/aromatic N) is 1. The zero-order valence-electron chi connectivity index (χ0n) is 13.7. The van der Waals surface area contributed by atoms with Gasteiger partial charge in [-0.2, -0.15) is 0 Å². The Morgan fingerprint density at radius 3 is 2.48 bits per heavy atom. The molecule has 1 aromatic rings. The van der Waals surface area contributed by atoms with Crippen LogP contribution in [0.4, 0.5) is 0 Å². The molecule has 0 spiro atoms. The molecule has 1 saturated heterocycles. The van der Waals surface area contributed by atoms with Crippen molar-refractivity contribution in [3.05, 3.63) is 35.9 Å². The highest BCUT2D eigenvalue weighted by Crippen LogP contribution is 2.22. The van der Waals surface area contributed by atoms with E-state index in [0.29, 0.717) is 18.0 Å². The molecule has 0 bridgehead atoms. The Kier molecular flexibility index (Phi) is 5.40. The van der Waals surface area contributed by atoms with E-state index in [1.807, 2.05) is 18.7 Å². The topological polar surface area (TPSA) is 32.3 Å². The molecule has 1 fully saturated rings. The van der Waals surface area contributed by atoms with Gasteiger partial charge in [0, 0.05) is 31.1 Å². The van der Waals surface area contributed by atoms with Gasteiger partial charge in [-0.3, -0.25) is 4.79 Å². The average Bonchev–Trinajstić information content (AvgIpc) is 2.49. The summed E-state index contributed by atoms with van der Waals surface area (Å²) in [7, 11) is 0. The van der Waals surface area contributed by atoms with Crippen molar-refractivity contribution >= 4 is 5.91 Å². The maximum absolute atomic E-state index is 12.1. The molecule has 1 amide bonds. The monoisotopic (exact) mass is 288 g/mol. The maximum atomic E-state index is 12.1. The molecule has 1 N–H and O–H groups in total. The number of amides is 1. The predicted molar refractivity (Wildman–Crippen MR) is 87.0 cm³/mol. The third-order valence-corrected chi connectivity index (χ3v) is 4.47. The fourth-order valence-corrected chi connectivity index (χ4v) is 3.12. The first-order valence-corrected chi connectivity index (χ1v) is 8.08. The second kappa shape index (κ2) is 7.08. The summed E-state index contributed by atoms with van der Waals surface area (Å²) in [5, 5.41) is 3.74. The van der Waals surface area contributed by atoms with Crippen LogP contribution in [0, 0.1) is 11.8 Å². The van der Waals surface area contributed by atoms with Crippen molar-refractivity contribution in [2.45, 2.75) is 46.2 Å². The van der Waals surface area contributed by atoms with Gasteiger partial charge in [-0.25, -0.2) is 0 Å². The minimum absolute atomic E-state index is 0.102. The van der Waals surface area contributed by atoms with Crippen LogP contribution in [0.25, 0.3) is 0 Å². The Morgan fingerprint density at radius 2 is 1.90 bits per heavy atom. The first kappa shape index (κ1) is 16.0. The fourth-order valence-electron chi connectivity index (χ4n) is 3.12. The van der Waals surface area contributed by atoms with Crippen molar-refractivity contribution in [1.29, 1.82) is 0 Å². The van der Waals surface area contributed by atoms with Crippen LogP contribution < -0.4 is 5.32 Å². The Hall–Kier alpha value is -1.35. The smallest absolute Gasteiger partial charge is 0.225 e. The zero-order chi connectivity index (χ0) is 15.4. The van der Waals surface area contributed by atoms with Crippen molar-refractivity contribution in [3.8, 4) is 0 Å². The van der Waals surface area contributed by atoms with E-state index in [-0.39, 0.29) is 11.8 Å². The Labute approximate surface area is 128 Å². The number of hydrogen-bond donors (Lipinski definition) is 1. The van der Waals surface area contributed by atoms with E-state index < -0.39 is 0 Å². The molecule has 0 unspecified atom stereocenters. The van der Waals surface area contributed by atoms with Gasteiger partial charge in [0.2, 0.25) is 5.91 Å². The second-order valence-electron chi connectivity index (χ2n) is 6.61. The molecule has 2 rings (SSSR count). The number of nitrogens with one attached hydrogen (secondary N) is 1. The van der Waals surface area contributed by atoms with E-state index >= 15 is 0 Å². The van der Waals surface area contributed by atoms with Crippen molar-refractivity contribution < 1.29 is 4.79 Å². The molecule has 1 aliphatic heterocycles. The highest BCUT2D eigenvalue weighted by Gasteiger charge is 2.30. The number of carbonyl (C=O) groups is 1. The summed E-state index contributed by atoms with van der Waals surface area (Å²) in [5.74, 6) is 0.883. The lowest BCUT2D eigenvalue weighted by atomic mass is 9.91. The number of likely N-dealkylation sites (tertiary alicyclic amines) is 1. The molecule has 1 aliphatic rings. The van der Waals surface area contributed by atoms with Crippen LogP contribution in [-0.2, 0) is 4.79 Å². The summed E-state index contributed by atoms with van der Waals surface area (Å²) in [6.07, 6.45) is 1.04. The zero-order valence-corrected chi connectivity index (χ0v) is 13.7. The molecule has 0 saturated carbocycles. The minimum atomic E-state index is 0.102. The molecule has 3 heteroatoms. The number of carbonyl (C=O) groups excluding carboxylic acids is 1. The molecule has 1 heterocycles. The second-order valence-corrected chi connectivity index (χ2v) is 6.61. The first-order valence-electron chi connectivity index (χ1n) is 8.08. The summed E-state index contributed by atoms with van der Waals surface area (Å²) < 4.78 is 0. The molecular formula is C18H28N2O. The van der Waals surface area contributed by atoms with E-state index in [1.165, 1.54) is 5.56 Å². The summed E-state index contributed by atoms with van der Waals surface area (Å²) in [5.41, 5.74) is 1.32. The van der Waals surface area contributed by atoms with Gasteiger partial charge >= 0.3 is 0 Å². The predicted octanol–water partition coefficient (Wildman–Crippen LogP) is 3.23. The number of hydrogen-bond acceptors (Lipinski definition) is 2. The van der Waals surface area contributed by atoms with Gasteiger partial charge in [0.1, 0.15) is 0 Å².